The van der Waals surface area contributed by atoms with Crippen molar-refractivity contribution in [2.24, 2.45) is 5.92 Å². The molecular weight excluding hydrogens is 422 g/mol. The van der Waals surface area contributed by atoms with Crippen LogP contribution in [0.25, 0.3) is 17.2 Å². The maximum absolute atomic E-state index is 11.4. The fraction of sp³-hybridized carbons (Fsp3) is 0.222. The average Bonchev–Trinajstić information content (AvgIpc) is 2.84. The second-order valence-corrected chi connectivity index (χ2v) is 8.62. The molecule has 0 aliphatic carbocycles. The van der Waals surface area contributed by atoms with E-state index in [1.165, 1.54) is 0 Å². The molecule has 1 saturated heterocycles. The molecule has 5 heteroatoms. The van der Waals surface area contributed by atoms with Crippen LogP contribution in [0.1, 0.15) is 40.4 Å². The summed E-state index contributed by atoms with van der Waals surface area (Å²) >= 11 is 6.06. The number of halogens is 1. The van der Waals surface area contributed by atoms with Crippen molar-refractivity contribution in [3.63, 3.8) is 0 Å². The van der Waals surface area contributed by atoms with E-state index < -0.39 is 12.1 Å². The summed E-state index contributed by atoms with van der Waals surface area (Å²) in [6, 6.07) is 20.7. The van der Waals surface area contributed by atoms with Gasteiger partial charge in [-0.15, -0.1) is 0 Å². The number of aromatic carboxylic acids is 1. The Balaban J connectivity index is 1.52. The standard InChI is InChI=1S/C27H26ClNO3/c1-2-18-3-12-24(19-4-8-22(28)9-5-19)25(17-18)26(30)20-13-15-29(16-14-20)23-10-6-21(7-11-23)27(31)32/h2-12,17,20,26,30H,1,13-16H2,(H,31,32). The predicted molar refractivity (Wildman–Crippen MR) is 130 cm³/mol. The van der Waals surface area contributed by atoms with Gasteiger partial charge in [0.2, 0.25) is 0 Å². The molecule has 3 aromatic rings. The summed E-state index contributed by atoms with van der Waals surface area (Å²) in [7, 11) is 0. The molecule has 164 valence electrons. The van der Waals surface area contributed by atoms with Crippen LogP contribution in [-0.4, -0.2) is 29.3 Å². The van der Waals surface area contributed by atoms with Gasteiger partial charge in [0.25, 0.3) is 0 Å². The van der Waals surface area contributed by atoms with Crippen molar-refractivity contribution in [2.45, 2.75) is 18.9 Å². The van der Waals surface area contributed by atoms with Crippen LogP contribution in [-0.2, 0) is 0 Å². The van der Waals surface area contributed by atoms with Crippen molar-refractivity contribution in [3.05, 3.63) is 95.0 Å². The van der Waals surface area contributed by atoms with Crippen molar-refractivity contribution in [3.8, 4) is 11.1 Å². The highest BCUT2D eigenvalue weighted by Gasteiger charge is 2.28. The number of carboxylic acid groups (broad SMARTS) is 1. The van der Waals surface area contributed by atoms with Crippen LogP contribution in [0.5, 0.6) is 0 Å². The number of nitrogens with zero attached hydrogens (tertiary/aromatic N) is 1. The van der Waals surface area contributed by atoms with Crippen molar-refractivity contribution in [1.82, 2.24) is 0 Å². The number of carbonyl (C=O) groups is 1. The number of carboxylic acids is 1. The van der Waals surface area contributed by atoms with Crippen molar-refractivity contribution < 1.29 is 15.0 Å². The lowest BCUT2D eigenvalue weighted by molar-refractivity contribution is 0.0696. The second kappa shape index (κ2) is 9.60. The number of benzene rings is 3. The molecule has 4 rings (SSSR count). The molecule has 1 aliphatic rings. The van der Waals surface area contributed by atoms with Gasteiger partial charge in [-0.2, -0.15) is 0 Å². The minimum Gasteiger partial charge on any atom is -0.478 e. The first kappa shape index (κ1) is 22.1. The Kier molecular flexibility index (Phi) is 6.63. The molecule has 32 heavy (non-hydrogen) atoms. The van der Waals surface area contributed by atoms with Gasteiger partial charge in [-0.05, 0) is 83.5 Å². The molecule has 1 unspecified atom stereocenters. The maximum atomic E-state index is 11.4. The van der Waals surface area contributed by atoms with E-state index >= 15 is 0 Å². The number of piperidine rings is 1. The molecular formula is C27H26ClNO3. The number of rotatable bonds is 6. The summed E-state index contributed by atoms with van der Waals surface area (Å²) in [5.74, 6) is -0.785. The summed E-state index contributed by atoms with van der Waals surface area (Å²) in [5, 5.41) is 21.1. The molecule has 0 radical (unpaired) electrons. The molecule has 0 amide bonds. The minimum absolute atomic E-state index is 0.135. The molecule has 1 fully saturated rings. The first-order chi connectivity index (χ1) is 15.5. The van der Waals surface area contributed by atoms with E-state index in [-0.39, 0.29) is 11.5 Å². The van der Waals surface area contributed by atoms with Gasteiger partial charge in [0, 0.05) is 23.8 Å². The molecule has 0 saturated carbocycles. The van der Waals surface area contributed by atoms with E-state index in [9.17, 15) is 9.90 Å². The normalized spacial score (nSPS) is 15.4. The lowest BCUT2D eigenvalue weighted by atomic mass is 9.83. The largest absolute Gasteiger partial charge is 0.478 e. The molecule has 2 N–H and O–H groups in total. The molecule has 0 aromatic heterocycles. The fourth-order valence-corrected chi connectivity index (χ4v) is 4.51. The SMILES string of the molecule is C=Cc1ccc(-c2ccc(Cl)cc2)c(C(O)C2CCN(c3ccc(C(=O)O)cc3)CC2)c1. The summed E-state index contributed by atoms with van der Waals surface area (Å²) < 4.78 is 0. The zero-order chi connectivity index (χ0) is 22.7. The Labute approximate surface area is 193 Å². The highest BCUT2D eigenvalue weighted by molar-refractivity contribution is 6.30. The van der Waals surface area contributed by atoms with Gasteiger partial charge in [0.05, 0.1) is 11.7 Å². The van der Waals surface area contributed by atoms with Crippen LogP contribution in [0, 0.1) is 5.92 Å². The minimum atomic E-state index is -0.920. The Bertz CT molecular complexity index is 1100. The Morgan fingerprint density at radius 1 is 1.03 bits per heavy atom. The first-order valence-corrected chi connectivity index (χ1v) is 11.1. The summed E-state index contributed by atoms with van der Waals surface area (Å²) in [5.41, 5.74) is 5.22. The summed E-state index contributed by atoms with van der Waals surface area (Å²) in [6.45, 7) is 5.50. The molecule has 0 spiro atoms. The van der Waals surface area contributed by atoms with Gasteiger partial charge in [-0.1, -0.05) is 48.5 Å². The van der Waals surface area contributed by atoms with Crippen LogP contribution >= 0.6 is 11.6 Å². The molecule has 4 nitrogen and oxygen atoms in total. The average molecular weight is 448 g/mol. The zero-order valence-electron chi connectivity index (χ0n) is 17.7. The third-order valence-electron chi connectivity index (χ3n) is 6.25. The van der Waals surface area contributed by atoms with Crippen LogP contribution < -0.4 is 4.90 Å². The van der Waals surface area contributed by atoms with Gasteiger partial charge >= 0.3 is 5.97 Å². The lowest BCUT2D eigenvalue weighted by Gasteiger charge is -2.36. The van der Waals surface area contributed by atoms with Gasteiger partial charge in [-0.3, -0.25) is 0 Å². The monoisotopic (exact) mass is 447 g/mol. The summed E-state index contributed by atoms with van der Waals surface area (Å²) in [6.07, 6.45) is 2.91. The van der Waals surface area contributed by atoms with Crippen molar-refractivity contribution in [2.75, 3.05) is 18.0 Å². The molecule has 1 aliphatic heterocycles. The van der Waals surface area contributed by atoms with E-state index in [2.05, 4.69) is 11.5 Å². The fourth-order valence-electron chi connectivity index (χ4n) is 4.39. The molecule has 0 bridgehead atoms. The maximum Gasteiger partial charge on any atom is 0.335 e. The molecule has 3 aromatic carbocycles. The molecule has 1 heterocycles. The number of hydrogen-bond donors (Lipinski definition) is 2. The number of hydrogen-bond acceptors (Lipinski definition) is 3. The van der Waals surface area contributed by atoms with E-state index in [1.54, 1.807) is 18.2 Å². The van der Waals surface area contributed by atoms with Crippen molar-refractivity contribution in [1.29, 1.82) is 0 Å². The van der Waals surface area contributed by atoms with Crippen LogP contribution in [0.4, 0.5) is 5.69 Å². The quantitative estimate of drug-likeness (QED) is 0.465. The lowest BCUT2D eigenvalue weighted by Crippen LogP contribution is -2.35. The van der Waals surface area contributed by atoms with E-state index in [4.69, 9.17) is 16.7 Å². The first-order valence-electron chi connectivity index (χ1n) is 10.7. The molecule has 1 atom stereocenters. The highest BCUT2D eigenvalue weighted by Crippen LogP contribution is 2.38. The predicted octanol–water partition coefficient (Wildman–Crippen LogP) is 6.30. The smallest absolute Gasteiger partial charge is 0.335 e. The third kappa shape index (κ3) is 4.72. The van der Waals surface area contributed by atoms with Crippen molar-refractivity contribution >= 4 is 29.3 Å². The topological polar surface area (TPSA) is 60.8 Å². The van der Waals surface area contributed by atoms with E-state index in [1.807, 2.05) is 54.6 Å². The Morgan fingerprint density at radius 3 is 2.28 bits per heavy atom. The number of aliphatic hydroxyl groups is 1. The second-order valence-electron chi connectivity index (χ2n) is 8.18. The van der Waals surface area contributed by atoms with Crippen LogP contribution in [0.3, 0.4) is 0 Å². The third-order valence-corrected chi connectivity index (χ3v) is 6.50. The Morgan fingerprint density at radius 2 is 1.69 bits per heavy atom. The highest BCUT2D eigenvalue weighted by atomic mass is 35.5. The zero-order valence-corrected chi connectivity index (χ0v) is 18.5. The summed E-state index contributed by atoms with van der Waals surface area (Å²) in [4.78, 5) is 13.3. The van der Waals surface area contributed by atoms with Gasteiger partial charge in [-0.25, -0.2) is 4.79 Å². The van der Waals surface area contributed by atoms with E-state index in [0.29, 0.717) is 5.02 Å². The Hall–Kier alpha value is -3.08. The van der Waals surface area contributed by atoms with Crippen LogP contribution in [0.2, 0.25) is 5.02 Å². The van der Waals surface area contributed by atoms with Gasteiger partial charge in [0.1, 0.15) is 0 Å². The van der Waals surface area contributed by atoms with Gasteiger partial charge in [0.15, 0.2) is 0 Å². The van der Waals surface area contributed by atoms with E-state index in [0.717, 1.165) is 53.9 Å². The van der Waals surface area contributed by atoms with Gasteiger partial charge < -0.3 is 15.1 Å². The van der Waals surface area contributed by atoms with Crippen LogP contribution in [0.15, 0.2) is 73.3 Å². The number of aliphatic hydroxyl groups excluding tert-OH is 1. The number of anilines is 1.